The van der Waals surface area contributed by atoms with Gasteiger partial charge in [-0.15, -0.1) is 0 Å². The predicted octanol–water partition coefficient (Wildman–Crippen LogP) is 3.79. The number of nitrogens with zero attached hydrogens (tertiary/aromatic N) is 1. The van der Waals surface area contributed by atoms with Crippen molar-refractivity contribution in [1.82, 2.24) is 4.90 Å². The molecule has 0 bridgehead atoms. The van der Waals surface area contributed by atoms with Crippen molar-refractivity contribution in [1.29, 1.82) is 0 Å². The molecule has 0 saturated heterocycles. The standard InChI is InChI=1S/C19H20FNO2/c1-12-5-6-16(11-13(12)2)18(22)14(3)21(4)19(23)15-7-9-17(20)10-8-15/h5-11,14H,1-4H3. The Balaban J connectivity index is 2.19. The summed E-state index contributed by atoms with van der Waals surface area (Å²) < 4.78 is 13.0. The van der Waals surface area contributed by atoms with Gasteiger partial charge in [0.1, 0.15) is 5.82 Å². The molecule has 0 N–H and O–H groups in total. The molecule has 120 valence electrons. The molecule has 0 fully saturated rings. The summed E-state index contributed by atoms with van der Waals surface area (Å²) in [7, 11) is 1.58. The molecular weight excluding hydrogens is 293 g/mol. The van der Waals surface area contributed by atoms with E-state index in [9.17, 15) is 14.0 Å². The van der Waals surface area contributed by atoms with Crippen molar-refractivity contribution in [2.75, 3.05) is 7.05 Å². The number of ketones is 1. The molecule has 4 heteroatoms. The van der Waals surface area contributed by atoms with Gasteiger partial charge < -0.3 is 4.90 Å². The van der Waals surface area contributed by atoms with Gasteiger partial charge in [0.15, 0.2) is 5.78 Å². The van der Waals surface area contributed by atoms with Crippen LogP contribution in [0.4, 0.5) is 4.39 Å². The molecule has 0 aliphatic carbocycles. The molecule has 2 aromatic rings. The minimum Gasteiger partial charge on any atom is -0.332 e. The summed E-state index contributed by atoms with van der Waals surface area (Å²) in [4.78, 5) is 26.4. The zero-order chi connectivity index (χ0) is 17.1. The quantitative estimate of drug-likeness (QED) is 0.805. The molecule has 3 nitrogen and oxygen atoms in total. The van der Waals surface area contributed by atoms with Crippen LogP contribution in [0.15, 0.2) is 42.5 Å². The lowest BCUT2D eigenvalue weighted by Gasteiger charge is -2.24. The van der Waals surface area contributed by atoms with E-state index in [4.69, 9.17) is 0 Å². The van der Waals surface area contributed by atoms with Crippen LogP contribution in [0.1, 0.15) is 38.8 Å². The molecule has 23 heavy (non-hydrogen) atoms. The van der Waals surface area contributed by atoms with E-state index in [1.807, 2.05) is 26.0 Å². The Morgan fingerprint density at radius 2 is 1.52 bits per heavy atom. The van der Waals surface area contributed by atoms with E-state index in [1.54, 1.807) is 20.0 Å². The molecule has 1 unspecified atom stereocenters. The fourth-order valence-corrected chi connectivity index (χ4v) is 2.28. The predicted molar refractivity (Wildman–Crippen MR) is 88.2 cm³/mol. The zero-order valence-electron chi connectivity index (χ0n) is 13.8. The molecule has 0 saturated carbocycles. The van der Waals surface area contributed by atoms with Crippen molar-refractivity contribution in [2.24, 2.45) is 0 Å². The second kappa shape index (κ2) is 6.73. The molecule has 2 aromatic carbocycles. The lowest BCUT2D eigenvalue weighted by Crippen LogP contribution is -2.40. The van der Waals surface area contributed by atoms with Gasteiger partial charge in [0, 0.05) is 18.2 Å². The SMILES string of the molecule is Cc1ccc(C(=O)C(C)N(C)C(=O)c2ccc(F)cc2)cc1C. The first-order chi connectivity index (χ1) is 10.8. The Kier molecular flexibility index (Phi) is 4.94. The summed E-state index contributed by atoms with van der Waals surface area (Å²) in [5.74, 6) is -0.829. The smallest absolute Gasteiger partial charge is 0.254 e. The molecule has 0 radical (unpaired) electrons. The van der Waals surface area contributed by atoms with Crippen LogP contribution in [0.5, 0.6) is 0 Å². The van der Waals surface area contributed by atoms with E-state index in [2.05, 4.69) is 0 Å². The fourth-order valence-electron chi connectivity index (χ4n) is 2.28. The van der Waals surface area contributed by atoms with E-state index in [0.29, 0.717) is 11.1 Å². The van der Waals surface area contributed by atoms with Crippen LogP contribution < -0.4 is 0 Å². The molecular formula is C19H20FNO2. The molecule has 0 aliphatic heterocycles. The summed E-state index contributed by atoms with van der Waals surface area (Å²) >= 11 is 0. The number of halogens is 1. The second-order valence-electron chi connectivity index (χ2n) is 5.76. The van der Waals surface area contributed by atoms with E-state index in [-0.39, 0.29) is 11.7 Å². The first kappa shape index (κ1) is 16.9. The van der Waals surface area contributed by atoms with Crippen molar-refractivity contribution in [3.63, 3.8) is 0 Å². The highest BCUT2D eigenvalue weighted by molar-refractivity contribution is 6.04. The van der Waals surface area contributed by atoms with Gasteiger partial charge in [-0.1, -0.05) is 12.1 Å². The molecule has 1 amide bonds. The number of rotatable bonds is 4. The third-order valence-electron chi connectivity index (χ3n) is 4.16. The number of carbonyl (C=O) groups is 2. The number of aryl methyl sites for hydroxylation is 2. The summed E-state index contributed by atoms with van der Waals surface area (Å²) in [5.41, 5.74) is 3.09. The molecule has 0 aromatic heterocycles. The molecule has 1 atom stereocenters. The van der Waals surface area contributed by atoms with Crippen LogP contribution in [0.25, 0.3) is 0 Å². The van der Waals surface area contributed by atoms with Crippen molar-refractivity contribution < 1.29 is 14.0 Å². The first-order valence-electron chi connectivity index (χ1n) is 7.45. The number of Topliss-reactive ketones (excluding diaryl/α,β-unsaturated/α-hetero) is 1. The van der Waals surface area contributed by atoms with Crippen molar-refractivity contribution in [3.8, 4) is 0 Å². The Labute approximate surface area is 135 Å². The highest BCUT2D eigenvalue weighted by Gasteiger charge is 2.24. The number of amides is 1. The Morgan fingerprint density at radius 3 is 2.09 bits per heavy atom. The van der Waals surface area contributed by atoms with Crippen LogP contribution in [0.2, 0.25) is 0 Å². The third kappa shape index (κ3) is 3.65. The molecule has 2 rings (SSSR count). The summed E-state index contributed by atoms with van der Waals surface area (Å²) in [6.07, 6.45) is 0. The van der Waals surface area contributed by atoms with Gasteiger partial charge in [-0.25, -0.2) is 4.39 Å². The highest BCUT2D eigenvalue weighted by atomic mass is 19.1. The van der Waals surface area contributed by atoms with E-state index in [0.717, 1.165) is 11.1 Å². The third-order valence-corrected chi connectivity index (χ3v) is 4.16. The Morgan fingerprint density at radius 1 is 0.957 bits per heavy atom. The molecule has 0 spiro atoms. The topological polar surface area (TPSA) is 37.4 Å². The van der Waals surface area contributed by atoms with E-state index in [1.165, 1.54) is 29.2 Å². The average molecular weight is 313 g/mol. The maximum Gasteiger partial charge on any atom is 0.254 e. The van der Waals surface area contributed by atoms with Gasteiger partial charge >= 0.3 is 0 Å². The van der Waals surface area contributed by atoms with Crippen LogP contribution in [-0.2, 0) is 0 Å². The molecule has 0 aliphatic rings. The van der Waals surface area contributed by atoms with Gasteiger partial charge in [0.2, 0.25) is 0 Å². The minimum atomic E-state index is -0.602. The number of carbonyl (C=O) groups excluding carboxylic acids is 2. The lowest BCUT2D eigenvalue weighted by molar-refractivity contribution is 0.0675. The lowest BCUT2D eigenvalue weighted by atomic mass is 9.99. The highest BCUT2D eigenvalue weighted by Crippen LogP contribution is 2.15. The normalized spacial score (nSPS) is 11.9. The number of hydrogen-bond acceptors (Lipinski definition) is 2. The van der Waals surface area contributed by atoms with Gasteiger partial charge in [0.25, 0.3) is 5.91 Å². The van der Waals surface area contributed by atoms with E-state index < -0.39 is 11.9 Å². The van der Waals surface area contributed by atoms with Crippen molar-refractivity contribution in [2.45, 2.75) is 26.8 Å². The fraction of sp³-hybridized carbons (Fsp3) is 0.263. The number of benzene rings is 2. The van der Waals surface area contributed by atoms with Crippen LogP contribution in [-0.4, -0.2) is 29.7 Å². The monoisotopic (exact) mass is 313 g/mol. The van der Waals surface area contributed by atoms with Gasteiger partial charge in [-0.3, -0.25) is 9.59 Å². The Hall–Kier alpha value is -2.49. The summed E-state index contributed by atoms with van der Waals surface area (Å²) in [5, 5.41) is 0. The van der Waals surface area contributed by atoms with E-state index >= 15 is 0 Å². The summed E-state index contributed by atoms with van der Waals surface area (Å²) in [6, 6.07) is 10.2. The van der Waals surface area contributed by atoms with Gasteiger partial charge in [-0.2, -0.15) is 0 Å². The van der Waals surface area contributed by atoms with Crippen molar-refractivity contribution in [3.05, 3.63) is 70.5 Å². The maximum atomic E-state index is 13.0. The maximum absolute atomic E-state index is 13.0. The van der Waals surface area contributed by atoms with Crippen LogP contribution >= 0.6 is 0 Å². The molecule has 0 heterocycles. The second-order valence-corrected chi connectivity index (χ2v) is 5.76. The average Bonchev–Trinajstić information content (AvgIpc) is 2.55. The van der Waals surface area contributed by atoms with Crippen molar-refractivity contribution >= 4 is 11.7 Å². The number of hydrogen-bond donors (Lipinski definition) is 0. The minimum absolute atomic E-state index is 0.119. The zero-order valence-corrected chi connectivity index (χ0v) is 13.8. The van der Waals surface area contributed by atoms with Crippen LogP contribution in [0.3, 0.4) is 0 Å². The first-order valence-corrected chi connectivity index (χ1v) is 7.45. The van der Waals surface area contributed by atoms with Gasteiger partial charge in [-0.05, 0) is 62.2 Å². The largest absolute Gasteiger partial charge is 0.332 e. The van der Waals surface area contributed by atoms with Gasteiger partial charge in [0.05, 0.1) is 6.04 Å². The number of likely N-dealkylation sites (N-methyl/N-ethyl adjacent to an activating group) is 1. The summed E-state index contributed by atoms with van der Waals surface area (Å²) in [6.45, 7) is 5.63. The Bertz CT molecular complexity index is 738. The van der Waals surface area contributed by atoms with Crippen LogP contribution in [0, 0.1) is 19.7 Å².